The molecular formula is C22H36N4O5S. The third-order valence-electron chi connectivity index (χ3n) is 6.73. The maximum absolute atomic E-state index is 13.1. The van der Waals surface area contributed by atoms with Gasteiger partial charge < -0.3 is 9.64 Å². The Morgan fingerprint density at radius 1 is 1.25 bits per heavy atom. The molecule has 1 saturated heterocycles. The summed E-state index contributed by atoms with van der Waals surface area (Å²) >= 11 is 0. The topological polar surface area (TPSA) is 111 Å². The first-order valence-corrected chi connectivity index (χ1v) is 13.4. The monoisotopic (exact) mass is 468 g/mol. The second kappa shape index (κ2) is 10.9. The maximum Gasteiger partial charge on any atom is 0.253 e. The number of aromatic nitrogens is 2. The van der Waals surface area contributed by atoms with Crippen LogP contribution in [-0.4, -0.2) is 66.4 Å². The van der Waals surface area contributed by atoms with Crippen LogP contribution in [0.4, 0.5) is 0 Å². The van der Waals surface area contributed by atoms with Gasteiger partial charge in [-0.05, 0) is 50.4 Å². The molecule has 1 aliphatic heterocycles. The first-order chi connectivity index (χ1) is 15.1. The average Bonchev–Trinajstić information content (AvgIpc) is 2.73. The van der Waals surface area contributed by atoms with Crippen molar-refractivity contribution in [1.29, 1.82) is 0 Å². The summed E-state index contributed by atoms with van der Waals surface area (Å²) < 4.78 is 34.1. The van der Waals surface area contributed by atoms with Crippen molar-refractivity contribution >= 4 is 15.9 Å². The van der Waals surface area contributed by atoms with E-state index in [1.54, 1.807) is 4.90 Å². The van der Waals surface area contributed by atoms with Crippen LogP contribution < -0.4 is 10.3 Å². The van der Waals surface area contributed by atoms with Crippen LogP contribution in [0.1, 0.15) is 52.4 Å². The number of hydrogen-bond donors (Lipinski definition) is 1. The fraction of sp³-hybridized carbons (Fsp3) is 0.773. The van der Waals surface area contributed by atoms with E-state index >= 15 is 0 Å². The SMILES string of the molecule is CC(C)[C@H]1CC[C@@H](OC[C@H]2[C@@H](NS(C)(=O)=O)CCCN2C(=O)Cn2cnccc2=O)CC1. The molecule has 1 amide bonds. The van der Waals surface area contributed by atoms with E-state index in [1.165, 1.54) is 23.2 Å². The first-order valence-electron chi connectivity index (χ1n) is 11.5. The van der Waals surface area contributed by atoms with Gasteiger partial charge in [-0.2, -0.15) is 0 Å². The van der Waals surface area contributed by atoms with Crippen molar-refractivity contribution in [3.63, 3.8) is 0 Å². The summed E-state index contributed by atoms with van der Waals surface area (Å²) in [6.07, 6.45) is 9.54. The number of carbonyl (C=O) groups is 1. The molecule has 2 aliphatic rings. The van der Waals surface area contributed by atoms with Crippen LogP contribution in [0, 0.1) is 11.8 Å². The zero-order valence-corrected chi connectivity index (χ0v) is 20.1. The quantitative estimate of drug-likeness (QED) is 0.617. The van der Waals surface area contributed by atoms with Gasteiger partial charge in [0.2, 0.25) is 15.9 Å². The second-order valence-electron chi connectivity index (χ2n) is 9.45. The van der Waals surface area contributed by atoms with E-state index in [2.05, 4.69) is 23.6 Å². The Kier molecular flexibility index (Phi) is 8.46. The van der Waals surface area contributed by atoms with Crippen molar-refractivity contribution in [3.8, 4) is 0 Å². The Labute approximate surface area is 190 Å². The van der Waals surface area contributed by atoms with Gasteiger partial charge in [-0.1, -0.05) is 13.8 Å². The summed E-state index contributed by atoms with van der Waals surface area (Å²) in [6, 6.07) is 0.479. The molecule has 1 aliphatic carbocycles. The Balaban J connectivity index is 1.70. The van der Waals surface area contributed by atoms with Gasteiger partial charge in [0.25, 0.3) is 5.56 Å². The molecule has 9 nitrogen and oxygen atoms in total. The van der Waals surface area contributed by atoms with E-state index in [-0.39, 0.29) is 30.7 Å². The average molecular weight is 469 g/mol. The smallest absolute Gasteiger partial charge is 0.253 e. The molecule has 2 fully saturated rings. The highest BCUT2D eigenvalue weighted by Crippen LogP contribution is 2.31. The molecule has 1 aromatic rings. The molecule has 1 N–H and O–H groups in total. The second-order valence-corrected chi connectivity index (χ2v) is 11.2. The Morgan fingerprint density at radius 2 is 1.97 bits per heavy atom. The van der Waals surface area contributed by atoms with E-state index < -0.39 is 22.1 Å². The first kappa shape index (κ1) is 24.9. The van der Waals surface area contributed by atoms with Gasteiger partial charge >= 0.3 is 0 Å². The summed E-state index contributed by atoms with van der Waals surface area (Å²) in [5.74, 6) is 1.15. The molecule has 0 aromatic carbocycles. The minimum Gasteiger partial charge on any atom is -0.376 e. The van der Waals surface area contributed by atoms with Gasteiger partial charge in [0, 0.05) is 24.8 Å². The molecule has 0 unspecified atom stereocenters. The summed E-state index contributed by atoms with van der Waals surface area (Å²) in [4.78, 5) is 30.7. The number of rotatable bonds is 8. The van der Waals surface area contributed by atoms with E-state index in [0.717, 1.165) is 37.9 Å². The van der Waals surface area contributed by atoms with Crippen molar-refractivity contribution in [2.75, 3.05) is 19.4 Å². The molecule has 3 rings (SSSR count). The minimum absolute atomic E-state index is 0.128. The number of carbonyl (C=O) groups excluding carboxylic acids is 1. The number of likely N-dealkylation sites (tertiary alicyclic amines) is 1. The molecule has 0 bridgehead atoms. The molecule has 10 heteroatoms. The number of ether oxygens (including phenoxy) is 1. The molecular weight excluding hydrogens is 432 g/mol. The zero-order chi connectivity index (χ0) is 23.3. The van der Waals surface area contributed by atoms with Crippen LogP contribution in [0.15, 0.2) is 23.4 Å². The Bertz CT molecular complexity index is 924. The summed E-state index contributed by atoms with van der Waals surface area (Å²) in [6.45, 7) is 5.16. The van der Waals surface area contributed by atoms with Crippen molar-refractivity contribution in [3.05, 3.63) is 28.9 Å². The van der Waals surface area contributed by atoms with Crippen molar-refractivity contribution in [1.82, 2.24) is 19.2 Å². The van der Waals surface area contributed by atoms with Crippen LogP contribution >= 0.6 is 0 Å². The molecule has 0 radical (unpaired) electrons. The third-order valence-corrected chi connectivity index (χ3v) is 7.46. The highest BCUT2D eigenvalue weighted by atomic mass is 32.2. The van der Waals surface area contributed by atoms with E-state index in [1.807, 2.05) is 0 Å². The Morgan fingerprint density at radius 3 is 2.59 bits per heavy atom. The lowest BCUT2D eigenvalue weighted by Crippen LogP contribution is -2.59. The fourth-order valence-electron chi connectivity index (χ4n) is 4.88. The largest absolute Gasteiger partial charge is 0.376 e. The van der Waals surface area contributed by atoms with Gasteiger partial charge in [0.1, 0.15) is 6.54 Å². The Hall–Kier alpha value is -1.78. The maximum atomic E-state index is 13.1. The van der Waals surface area contributed by atoms with E-state index in [4.69, 9.17) is 4.74 Å². The molecule has 2 atom stereocenters. The summed E-state index contributed by atoms with van der Waals surface area (Å²) in [7, 11) is -3.44. The van der Waals surface area contributed by atoms with Crippen LogP contribution in [0.2, 0.25) is 0 Å². The van der Waals surface area contributed by atoms with Gasteiger partial charge in [-0.3, -0.25) is 14.2 Å². The zero-order valence-electron chi connectivity index (χ0n) is 19.3. The number of piperidine rings is 1. The van der Waals surface area contributed by atoms with Crippen molar-refractivity contribution in [2.45, 2.75) is 77.1 Å². The number of nitrogens with one attached hydrogen (secondary N) is 1. The van der Waals surface area contributed by atoms with Crippen LogP contribution in [-0.2, 0) is 26.1 Å². The molecule has 32 heavy (non-hydrogen) atoms. The predicted molar refractivity (Wildman–Crippen MR) is 122 cm³/mol. The highest BCUT2D eigenvalue weighted by molar-refractivity contribution is 7.88. The van der Waals surface area contributed by atoms with E-state index in [9.17, 15) is 18.0 Å². The van der Waals surface area contributed by atoms with Crippen molar-refractivity contribution in [2.24, 2.45) is 11.8 Å². The van der Waals surface area contributed by atoms with Crippen LogP contribution in [0.25, 0.3) is 0 Å². The predicted octanol–water partition coefficient (Wildman–Crippen LogP) is 1.38. The molecule has 1 aromatic heterocycles. The number of amides is 1. The fourth-order valence-corrected chi connectivity index (χ4v) is 5.70. The van der Waals surface area contributed by atoms with Gasteiger partial charge in [0.05, 0.1) is 31.3 Å². The molecule has 0 spiro atoms. The van der Waals surface area contributed by atoms with Gasteiger partial charge in [-0.25, -0.2) is 18.1 Å². The molecule has 180 valence electrons. The minimum atomic E-state index is -3.44. The van der Waals surface area contributed by atoms with Crippen LogP contribution in [0.5, 0.6) is 0 Å². The third kappa shape index (κ3) is 6.86. The van der Waals surface area contributed by atoms with Gasteiger partial charge in [0.15, 0.2) is 0 Å². The normalized spacial score (nSPS) is 26.9. The molecule has 1 saturated carbocycles. The highest BCUT2D eigenvalue weighted by Gasteiger charge is 2.37. The lowest BCUT2D eigenvalue weighted by atomic mass is 9.80. The van der Waals surface area contributed by atoms with Crippen LogP contribution in [0.3, 0.4) is 0 Å². The van der Waals surface area contributed by atoms with Crippen molar-refractivity contribution < 1.29 is 17.9 Å². The van der Waals surface area contributed by atoms with E-state index in [0.29, 0.717) is 25.3 Å². The lowest BCUT2D eigenvalue weighted by molar-refractivity contribution is -0.139. The standard InChI is InChI=1S/C22H36N4O5S/c1-16(2)17-6-8-18(9-7-17)31-14-20-19(24-32(3,29)30)5-4-12-26(20)22(28)13-25-15-23-11-10-21(25)27/h10-11,15-20,24H,4-9,12-14H2,1-3H3/t17-,18+,19-,20-/m0/s1. The molecule has 2 heterocycles. The lowest BCUT2D eigenvalue weighted by Gasteiger charge is -2.42. The number of hydrogen-bond acceptors (Lipinski definition) is 6. The summed E-state index contributed by atoms with van der Waals surface area (Å²) in [5.41, 5.74) is -0.300. The number of nitrogens with zero attached hydrogens (tertiary/aromatic N) is 3. The summed E-state index contributed by atoms with van der Waals surface area (Å²) in [5, 5.41) is 0. The van der Waals surface area contributed by atoms with Gasteiger partial charge in [-0.15, -0.1) is 0 Å². The number of sulfonamides is 1.